The van der Waals surface area contributed by atoms with E-state index in [1.807, 2.05) is 24.8 Å². The average molecular weight is 490 g/mol. The average Bonchev–Trinajstić information content (AvgIpc) is 3.22. The summed E-state index contributed by atoms with van der Waals surface area (Å²) in [6.45, 7) is 5.51. The Kier molecular flexibility index (Phi) is 6.94. The van der Waals surface area contributed by atoms with Crippen molar-refractivity contribution in [1.82, 2.24) is 19.2 Å². The van der Waals surface area contributed by atoms with E-state index in [0.29, 0.717) is 44.2 Å². The van der Waals surface area contributed by atoms with E-state index in [4.69, 9.17) is 9.47 Å². The van der Waals surface area contributed by atoms with Crippen molar-refractivity contribution >= 4 is 27.6 Å². The van der Waals surface area contributed by atoms with Crippen LogP contribution in [0, 0.1) is 0 Å². The lowest BCUT2D eigenvalue weighted by Gasteiger charge is -2.31. The molecule has 1 saturated heterocycles. The van der Waals surface area contributed by atoms with Gasteiger partial charge in [0.25, 0.3) is 0 Å². The third-order valence-corrected chi connectivity index (χ3v) is 7.76. The van der Waals surface area contributed by atoms with Gasteiger partial charge in [0.15, 0.2) is 0 Å². The molecule has 2 aliphatic heterocycles. The quantitative estimate of drug-likeness (QED) is 0.610. The van der Waals surface area contributed by atoms with Crippen LogP contribution in [0.25, 0.3) is 0 Å². The zero-order valence-corrected chi connectivity index (χ0v) is 20.8. The zero-order chi connectivity index (χ0) is 24.5. The van der Waals surface area contributed by atoms with Gasteiger partial charge in [0.1, 0.15) is 18.2 Å². The Hall–Kier alpha value is -2.92. The molecule has 1 fully saturated rings. The van der Waals surface area contributed by atoms with E-state index in [2.05, 4.69) is 9.97 Å². The summed E-state index contributed by atoms with van der Waals surface area (Å²) in [5, 5.41) is 0. The number of anilines is 2. The smallest absolute Gasteiger partial charge is 0.410 e. The van der Waals surface area contributed by atoms with Gasteiger partial charge in [0.05, 0.1) is 11.0 Å². The van der Waals surface area contributed by atoms with E-state index < -0.39 is 10.0 Å². The molecule has 0 radical (unpaired) electrons. The molecule has 0 spiro atoms. The van der Waals surface area contributed by atoms with Crippen LogP contribution in [0.3, 0.4) is 0 Å². The Labute approximate surface area is 200 Å². The second kappa shape index (κ2) is 9.75. The van der Waals surface area contributed by atoms with E-state index in [1.54, 1.807) is 23.1 Å². The van der Waals surface area contributed by atoms with Gasteiger partial charge in [0, 0.05) is 58.3 Å². The van der Waals surface area contributed by atoms with Crippen LogP contribution in [0.15, 0.2) is 35.5 Å². The highest BCUT2D eigenvalue weighted by Crippen LogP contribution is 2.36. The molecular weight excluding hydrogens is 458 g/mol. The van der Waals surface area contributed by atoms with E-state index >= 15 is 0 Å². The van der Waals surface area contributed by atoms with Crippen LogP contribution < -0.4 is 9.64 Å². The molecule has 184 valence electrons. The van der Waals surface area contributed by atoms with Crippen molar-refractivity contribution in [3.63, 3.8) is 0 Å². The highest BCUT2D eigenvalue weighted by Gasteiger charge is 2.28. The van der Waals surface area contributed by atoms with Crippen molar-refractivity contribution in [2.75, 3.05) is 38.6 Å². The summed E-state index contributed by atoms with van der Waals surface area (Å²) in [6.07, 6.45) is 3.12. The molecule has 1 amide bonds. The molecule has 3 heterocycles. The number of aromatic nitrogens is 2. The van der Waals surface area contributed by atoms with Crippen LogP contribution in [0.1, 0.15) is 32.3 Å². The van der Waals surface area contributed by atoms with Gasteiger partial charge >= 0.3 is 6.09 Å². The Morgan fingerprint density at radius 2 is 1.85 bits per heavy atom. The number of benzene rings is 1. The Morgan fingerprint density at radius 3 is 2.53 bits per heavy atom. The van der Waals surface area contributed by atoms with Crippen LogP contribution in [-0.4, -0.2) is 79.6 Å². The predicted octanol–water partition coefficient (Wildman–Crippen LogP) is 2.81. The molecule has 0 atom stereocenters. The number of hydrogen-bond donors (Lipinski definition) is 0. The predicted molar refractivity (Wildman–Crippen MR) is 127 cm³/mol. The highest BCUT2D eigenvalue weighted by molar-refractivity contribution is 7.89. The highest BCUT2D eigenvalue weighted by atomic mass is 32.2. The van der Waals surface area contributed by atoms with Gasteiger partial charge in [-0.2, -0.15) is 0 Å². The second-order valence-corrected chi connectivity index (χ2v) is 11.1. The van der Waals surface area contributed by atoms with Crippen molar-refractivity contribution in [2.45, 2.75) is 50.2 Å². The van der Waals surface area contributed by atoms with E-state index in [1.165, 1.54) is 24.7 Å². The number of ether oxygens (including phenoxy) is 2. The molecule has 0 N–H and O–H groups in total. The standard InChI is InChI=1S/C23H31N5O5S/c1-16(2)32-23(29)27-10-8-18(9-11-27)33-22-14-21(24-15-25-22)28-12-7-17-13-19(5-6-20(17)28)34(30,31)26(3)4/h5-6,13-16,18H,7-12H2,1-4H3. The molecule has 0 unspecified atom stereocenters. The maximum atomic E-state index is 12.5. The molecular formula is C23H31N5O5S. The molecule has 1 aromatic carbocycles. The lowest BCUT2D eigenvalue weighted by Crippen LogP contribution is -2.42. The molecule has 0 bridgehead atoms. The summed E-state index contributed by atoms with van der Waals surface area (Å²) in [7, 11) is -0.430. The van der Waals surface area contributed by atoms with E-state index in [0.717, 1.165) is 17.7 Å². The number of carbonyl (C=O) groups is 1. The summed E-state index contributed by atoms with van der Waals surface area (Å²) in [4.78, 5) is 24.8. The second-order valence-electron chi connectivity index (χ2n) is 8.93. The van der Waals surface area contributed by atoms with Crippen molar-refractivity contribution in [1.29, 1.82) is 0 Å². The molecule has 0 saturated carbocycles. The fourth-order valence-corrected chi connectivity index (χ4v) is 5.09. The number of amides is 1. The van der Waals surface area contributed by atoms with Crippen molar-refractivity contribution in [3.8, 4) is 5.88 Å². The van der Waals surface area contributed by atoms with Crippen molar-refractivity contribution < 1.29 is 22.7 Å². The van der Waals surface area contributed by atoms with E-state index in [-0.39, 0.29) is 23.2 Å². The fourth-order valence-electron chi connectivity index (χ4n) is 4.13. The molecule has 11 heteroatoms. The maximum absolute atomic E-state index is 12.5. The maximum Gasteiger partial charge on any atom is 0.410 e. The summed E-state index contributed by atoms with van der Waals surface area (Å²) < 4.78 is 37.5. The topological polar surface area (TPSA) is 105 Å². The number of fused-ring (bicyclic) bond motifs is 1. The SMILES string of the molecule is CC(C)OC(=O)N1CCC(Oc2cc(N3CCc4cc(S(=O)(=O)N(C)C)ccc43)ncn2)CC1. The van der Waals surface area contributed by atoms with Gasteiger partial charge in [0.2, 0.25) is 15.9 Å². The molecule has 4 rings (SSSR count). The Balaban J connectivity index is 1.42. The molecule has 2 aromatic rings. The number of likely N-dealkylation sites (tertiary alicyclic amines) is 1. The minimum absolute atomic E-state index is 0.0458. The van der Waals surface area contributed by atoms with Gasteiger partial charge in [-0.3, -0.25) is 0 Å². The zero-order valence-electron chi connectivity index (χ0n) is 20.0. The normalized spacial score (nSPS) is 16.8. The third-order valence-electron chi connectivity index (χ3n) is 5.95. The minimum Gasteiger partial charge on any atom is -0.474 e. The van der Waals surface area contributed by atoms with E-state index in [9.17, 15) is 13.2 Å². The van der Waals surface area contributed by atoms with Crippen LogP contribution in [0.2, 0.25) is 0 Å². The van der Waals surface area contributed by atoms with Crippen LogP contribution in [0.5, 0.6) is 5.88 Å². The largest absolute Gasteiger partial charge is 0.474 e. The van der Waals surface area contributed by atoms with Gasteiger partial charge in [-0.1, -0.05) is 0 Å². The van der Waals surface area contributed by atoms with Crippen molar-refractivity contribution in [3.05, 3.63) is 36.2 Å². The number of rotatable bonds is 6. The van der Waals surface area contributed by atoms with Gasteiger partial charge < -0.3 is 19.3 Å². The summed E-state index contributed by atoms with van der Waals surface area (Å²) in [5.74, 6) is 1.18. The molecule has 34 heavy (non-hydrogen) atoms. The Morgan fingerprint density at radius 1 is 1.12 bits per heavy atom. The number of piperidine rings is 1. The number of carbonyl (C=O) groups excluding carboxylic acids is 1. The first-order valence-corrected chi connectivity index (χ1v) is 12.9. The Bertz CT molecular complexity index is 1150. The van der Waals surface area contributed by atoms with Gasteiger partial charge in [-0.05, 0) is 44.0 Å². The summed E-state index contributed by atoms with van der Waals surface area (Å²) >= 11 is 0. The first-order valence-electron chi connectivity index (χ1n) is 11.4. The molecule has 10 nitrogen and oxygen atoms in total. The van der Waals surface area contributed by atoms with Gasteiger partial charge in [-0.15, -0.1) is 0 Å². The van der Waals surface area contributed by atoms with Gasteiger partial charge in [-0.25, -0.2) is 27.5 Å². The lowest BCUT2D eigenvalue weighted by molar-refractivity contribution is 0.0507. The number of hydrogen-bond acceptors (Lipinski definition) is 8. The number of nitrogens with zero attached hydrogens (tertiary/aromatic N) is 5. The summed E-state index contributed by atoms with van der Waals surface area (Å²) in [5.41, 5.74) is 1.89. The monoisotopic (exact) mass is 489 g/mol. The minimum atomic E-state index is -3.48. The fraction of sp³-hybridized carbons (Fsp3) is 0.522. The molecule has 1 aromatic heterocycles. The first kappa shape index (κ1) is 24.2. The number of sulfonamides is 1. The third kappa shape index (κ3) is 5.10. The van der Waals surface area contributed by atoms with Crippen LogP contribution >= 0.6 is 0 Å². The van der Waals surface area contributed by atoms with Crippen LogP contribution in [0.4, 0.5) is 16.3 Å². The van der Waals surface area contributed by atoms with Crippen LogP contribution in [-0.2, 0) is 21.2 Å². The molecule has 2 aliphatic rings. The summed E-state index contributed by atoms with van der Waals surface area (Å²) in [6, 6.07) is 7.00. The van der Waals surface area contributed by atoms with Crippen molar-refractivity contribution in [2.24, 2.45) is 0 Å². The first-order chi connectivity index (χ1) is 16.1. The molecule has 0 aliphatic carbocycles. The lowest BCUT2D eigenvalue weighted by atomic mass is 10.1.